The Bertz CT molecular complexity index is 1520. The van der Waals surface area contributed by atoms with E-state index in [9.17, 15) is 4.79 Å². The van der Waals surface area contributed by atoms with Gasteiger partial charge >= 0.3 is 6.03 Å². The number of para-hydroxylation sites is 1. The van der Waals surface area contributed by atoms with Crippen molar-refractivity contribution in [2.75, 3.05) is 48.8 Å². The van der Waals surface area contributed by atoms with Gasteiger partial charge in [0.2, 0.25) is 0 Å². The number of rotatable bonds is 5. The molecule has 1 saturated heterocycles. The summed E-state index contributed by atoms with van der Waals surface area (Å²) in [7, 11) is 2.16. The second-order valence-electron chi connectivity index (χ2n) is 9.27. The standard InChI is InChI=1S/C28H28N8O/c1-35-13-15-36(16-14-35)22-11-12-23-25(17-22)32-27(31-23)26-18-24(33-34-26)19-7-9-21(10-8-19)30-28(37)29-20-5-3-2-4-6-20/h2-12,17-18H,13-16H2,1H3,(H,31,32)(H,33,34)(H2,29,30,37). The van der Waals surface area contributed by atoms with E-state index >= 15 is 0 Å². The second-order valence-corrected chi connectivity index (χ2v) is 9.27. The number of H-pyrrole nitrogens is 2. The molecule has 9 heteroatoms. The number of nitrogens with one attached hydrogen (secondary N) is 4. The quantitative estimate of drug-likeness (QED) is 0.276. The van der Waals surface area contributed by atoms with Gasteiger partial charge in [-0.05, 0) is 55.6 Å². The van der Waals surface area contributed by atoms with E-state index in [1.54, 1.807) is 0 Å². The molecule has 0 saturated carbocycles. The third-order valence-electron chi connectivity index (χ3n) is 6.64. The van der Waals surface area contributed by atoms with Gasteiger partial charge in [-0.1, -0.05) is 30.3 Å². The van der Waals surface area contributed by atoms with Gasteiger partial charge in [0.15, 0.2) is 5.82 Å². The first kappa shape index (κ1) is 22.8. The summed E-state index contributed by atoms with van der Waals surface area (Å²) in [6, 6.07) is 25.0. The molecule has 186 valence electrons. The summed E-state index contributed by atoms with van der Waals surface area (Å²) >= 11 is 0. The molecule has 1 fully saturated rings. The molecular weight excluding hydrogens is 464 g/mol. The number of anilines is 3. The van der Waals surface area contributed by atoms with Gasteiger partial charge in [0.1, 0.15) is 5.69 Å². The maximum atomic E-state index is 12.2. The average Bonchev–Trinajstić information content (AvgIpc) is 3.57. The van der Waals surface area contributed by atoms with Crippen molar-refractivity contribution in [3.63, 3.8) is 0 Å². The summed E-state index contributed by atoms with van der Waals surface area (Å²) in [5, 5.41) is 13.2. The average molecular weight is 493 g/mol. The fourth-order valence-electron chi connectivity index (χ4n) is 4.52. The number of urea groups is 1. The van der Waals surface area contributed by atoms with Gasteiger partial charge < -0.3 is 25.4 Å². The first-order chi connectivity index (χ1) is 18.1. The lowest BCUT2D eigenvalue weighted by atomic mass is 10.1. The predicted molar refractivity (Wildman–Crippen MR) is 148 cm³/mol. The van der Waals surface area contributed by atoms with Gasteiger partial charge in [0.05, 0.1) is 16.7 Å². The number of amides is 2. The first-order valence-electron chi connectivity index (χ1n) is 12.3. The summed E-state index contributed by atoms with van der Waals surface area (Å²) < 4.78 is 0. The molecule has 0 bridgehead atoms. The lowest BCUT2D eigenvalue weighted by Crippen LogP contribution is -2.44. The lowest BCUT2D eigenvalue weighted by Gasteiger charge is -2.34. The van der Waals surface area contributed by atoms with Crippen LogP contribution in [0.25, 0.3) is 33.8 Å². The van der Waals surface area contributed by atoms with Crippen molar-refractivity contribution in [2.45, 2.75) is 0 Å². The molecule has 0 radical (unpaired) electrons. The Kier molecular flexibility index (Phi) is 6.03. The minimum absolute atomic E-state index is 0.290. The van der Waals surface area contributed by atoms with E-state index in [2.05, 4.69) is 60.9 Å². The molecule has 4 N–H and O–H groups in total. The van der Waals surface area contributed by atoms with Crippen LogP contribution in [0.3, 0.4) is 0 Å². The Morgan fingerprint density at radius 1 is 0.865 bits per heavy atom. The van der Waals surface area contributed by atoms with Crippen molar-refractivity contribution in [1.82, 2.24) is 25.1 Å². The minimum atomic E-state index is -0.290. The summed E-state index contributed by atoms with van der Waals surface area (Å²) in [5.41, 5.74) is 7.13. The van der Waals surface area contributed by atoms with Gasteiger partial charge in [-0.25, -0.2) is 9.78 Å². The molecule has 1 aliphatic heterocycles. The Hall–Kier alpha value is -4.63. The van der Waals surface area contributed by atoms with Crippen LogP contribution in [0.2, 0.25) is 0 Å². The number of piperazine rings is 1. The Morgan fingerprint density at radius 2 is 1.59 bits per heavy atom. The number of benzene rings is 3. The number of carbonyl (C=O) groups excluding carboxylic acids is 1. The number of likely N-dealkylation sites (N-methyl/N-ethyl adjacent to an activating group) is 1. The molecule has 3 aromatic carbocycles. The summed E-state index contributed by atoms with van der Waals surface area (Å²) in [6.45, 7) is 4.19. The fourth-order valence-corrected chi connectivity index (χ4v) is 4.52. The number of carbonyl (C=O) groups is 1. The van der Waals surface area contributed by atoms with Crippen LogP contribution in [-0.4, -0.2) is 64.3 Å². The maximum Gasteiger partial charge on any atom is 0.323 e. The highest BCUT2D eigenvalue weighted by atomic mass is 16.2. The number of fused-ring (bicyclic) bond motifs is 1. The topological polar surface area (TPSA) is 105 Å². The summed E-state index contributed by atoms with van der Waals surface area (Å²) in [4.78, 5) is 25.2. The van der Waals surface area contributed by atoms with E-state index in [1.807, 2.05) is 60.7 Å². The number of imidazole rings is 1. The summed E-state index contributed by atoms with van der Waals surface area (Å²) in [5.74, 6) is 0.750. The van der Waals surface area contributed by atoms with Crippen molar-refractivity contribution in [1.29, 1.82) is 0 Å². The maximum absolute atomic E-state index is 12.2. The highest BCUT2D eigenvalue weighted by Crippen LogP contribution is 2.27. The van der Waals surface area contributed by atoms with Gasteiger partial charge in [-0.3, -0.25) is 5.10 Å². The number of nitrogens with zero attached hydrogens (tertiary/aromatic N) is 4. The van der Waals surface area contributed by atoms with Crippen LogP contribution in [-0.2, 0) is 0 Å². The molecule has 1 aliphatic rings. The third-order valence-corrected chi connectivity index (χ3v) is 6.64. The molecule has 2 amide bonds. The van der Waals surface area contributed by atoms with E-state index in [1.165, 1.54) is 5.69 Å². The first-order valence-corrected chi connectivity index (χ1v) is 12.3. The van der Waals surface area contributed by atoms with E-state index < -0.39 is 0 Å². The Morgan fingerprint density at radius 3 is 2.35 bits per heavy atom. The number of hydrogen-bond acceptors (Lipinski definition) is 5. The van der Waals surface area contributed by atoms with Gasteiger partial charge in [-0.15, -0.1) is 0 Å². The van der Waals surface area contributed by atoms with Crippen molar-refractivity contribution in [3.05, 3.63) is 78.9 Å². The van der Waals surface area contributed by atoms with Crippen LogP contribution < -0.4 is 15.5 Å². The smallest absolute Gasteiger partial charge is 0.323 e. The highest BCUT2D eigenvalue weighted by molar-refractivity contribution is 5.99. The van der Waals surface area contributed by atoms with Crippen LogP contribution in [0.4, 0.5) is 21.9 Å². The predicted octanol–water partition coefficient (Wildman–Crippen LogP) is 5.02. The molecule has 0 spiro atoms. The monoisotopic (exact) mass is 492 g/mol. The van der Waals surface area contributed by atoms with Crippen molar-refractivity contribution in [3.8, 4) is 22.8 Å². The SMILES string of the molecule is CN1CCN(c2ccc3nc(-c4cc(-c5ccc(NC(=O)Nc6ccccc6)cc5)n[nH]4)[nH]c3c2)CC1. The van der Waals surface area contributed by atoms with Crippen molar-refractivity contribution >= 4 is 34.1 Å². The summed E-state index contributed by atoms with van der Waals surface area (Å²) in [6.07, 6.45) is 0. The van der Waals surface area contributed by atoms with Gasteiger partial charge in [-0.2, -0.15) is 5.10 Å². The largest absolute Gasteiger partial charge is 0.369 e. The molecule has 3 heterocycles. The van der Waals surface area contributed by atoms with Crippen LogP contribution in [0.15, 0.2) is 78.9 Å². The molecular formula is C28H28N8O. The highest BCUT2D eigenvalue weighted by Gasteiger charge is 2.16. The zero-order valence-corrected chi connectivity index (χ0v) is 20.5. The number of aromatic amines is 2. The minimum Gasteiger partial charge on any atom is -0.369 e. The van der Waals surface area contributed by atoms with E-state index in [0.29, 0.717) is 5.69 Å². The molecule has 9 nitrogen and oxygen atoms in total. The van der Waals surface area contributed by atoms with Gasteiger partial charge in [0, 0.05) is 48.8 Å². The molecule has 0 aliphatic carbocycles. The van der Waals surface area contributed by atoms with Crippen LogP contribution in [0.1, 0.15) is 0 Å². The Labute approximate surface area is 214 Å². The van der Waals surface area contributed by atoms with Crippen molar-refractivity contribution in [2.24, 2.45) is 0 Å². The molecule has 0 atom stereocenters. The van der Waals surface area contributed by atoms with Crippen LogP contribution in [0, 0.1) is 0 Å². The lowest BCUT2D eigenvalue weighted by molar-refractivity contribution is 0.262. The zero-order chi connectivity index (χ0) is 25.2. The van der Waals surface area contributed by atoms with Crippen LogP contribution >= 0.6 is 0 Å². The molecule has 2 aromatic heterocycles. The van der Waals surface area contributed by atoms with E-state index in [0.717, 1.165) is 65.7 Å². The molecule has 5 aromatic rings. The molecule has 6 rings (SSSR count). The third kappa shape index (κ3) is 5.03. The second kappa shape index (κ2) is 9.79. The van der Waals surface area contributed by atoms with Crippen LogP contribution in [0.5, 0.6) is 0 Å². The van der Waals surface area contributed by atoms with E-state index in [4.69, 9.17) is 4.98 Å². The number of hydrogen-bond donors (Lipinski definition) is 4. The normalized spacial score (nSPS) is 14.1. The Balaban J connectivity index is 1.14. The molecule has 37 heavy (non-hydrogen) atoms. The zero-order valence-electron chi connectivity index (χ0n) is 20.5. The van der Waals surface area contributed by atoms with Gasteiger partial charge in [0.25, 0.3) is 0 Å². The molecule has 0 unspecified atom stereocenters. The fraction of sp³-hybridized carbons (Fsp3) is 0.179. The van der Waals surface area contributed by atoms with Crippen molar-refractivity contribution < 1.29 is 4.79 Å². The van der Waals surface area contributed by atoms with E-state index in [-0.39, 0.29) is 6.03 Å². The number of aromatic nitrogens is 4.